The first-order valence-electron chi connectivity index (χ1n) is 11.5. The molecule has 4 aromatic rings. The van der Waals surface area contributed by atoms with Crippen molar-refractivity contribution in [2.45, 2.75) is 6.61 Å². The van der Waals surface area contributed by atoms with Crippen molar-refractivity contribution < 1.29 is 23.8 Å². The van der Waals surface area contributed by atoms with Gasteiger partial charge in [0.25, 0.3) is 11.8 Å². The molecule has 0 saturated heterocycles. The highest BCUT2D eigenvalue weighted by molar-refractivity contribution is 6.30. The molecule has 1 heterocycles. The average molecular weight is 516 g/mol. The molecule has 0 fully saturated rings. The molecule has 4 aromatic carbocycles. The van der Waals surface area contributed by atoms with Crippen LogP contribution in [0.5, 0.6) is 17.2 Å². The maximum absolute atomic E-state index is 12.4. The summed E-state index contributed by atoms with van der Waals surface area (Å²) in [5.41, 5.74) is 4.50. The number of nitrogens with zero attached hydrogens (tertiary/aromatic N) is 1. The van der Waals surface area contributed by atoms with Gasteiger partial charge in [-0.15, -0.1) is 0 Å². The molecule has 186 valence electrons. The highest BCUT2D eigenvalue weighted by Crippen LogP contribution is 2.32. The molecule has 2 N–H and O–H groups in total. The summed E-state index contributed by atoms with van der Waals surface area (Å²) >= 11 is 5.97. The second-order valence-corrected chi connectivity index (χ2v) is 8.59. The van der Waals surface area contributed by atoms with Crippen LogP contribution in [0.25, 0.3) is 10.8 Å². The molecule has 0 spiro atoms. The summed E-state index contributed by atoms with van der Waals surface area (Å²) in [6, 6.07) is 23.9. The Morgan fingerprint density at radius 2 is 1.78 bits per heavy atom. The number of hydrazone groups is 1. The number of halogens is 1. The van der Waals surface area contributed by atoms with Crippen LogP contribution in [0.4, 0.5) is 0 Å². The molecule has 0 aromatic heterocycles. The number of carbonyl (C=O) groups excluding carboxylic acids is 2. The molecule has 0 atom stereocenters. The summed E-state index contributed by atoms with van der Waals surface area (Å²) in [4.78, 5) is 24.7. The number of amides is 2. The third kappa shape index (κ3) is 5.82. The summed E-state index contributed by atoms with van der Waals surface area (Å²) in [6.07, 6.45) is 1.54. The van der Waals surface area contributed by atoms with E-state index in [1.807, 2.05) is 60.7 Å². The van der Waals surface area contributed by atoms with Gasteiger partial charge in [-0.2, -0.15) is 5.10 Å². The molecule has 0 radical (unpaired) electrons. The van der Waals surface area contributed by atoms with Crippen molar-refractivity contribution in [2.24, 2.45) is 5.10 Å². The van der Waals surface area contributed by atoms with Crippen molar-refractivity contribution in [1.82, 2.24) is 10.7 Å². The van der Waals surface area contributed by atoms with Crippen LogP contribution in [0.3, 0.4) is 0 Å². The van der Waals surface area contributed by atoms with Crippen molar-refractivity contribution in [3.05, 3.63) is 101 Å². The van der Waals surface area contributed by atoms with E-state index in [4.69, 9.17) is 25.8 Å². The van der Waals surface area contributed by atoms with Crippen molar-refractivity contribution >= 4 is 40.4 Å². The number of ether oxygens (including phenoxy) is 3. The van der Waals surface area contributed by atoms with Gasteiger partial charge >= 0.3 is 0 Å². The Labute approximate surface area is 217 Å². The minimum atomic E-state index is -0.478. The van der Waals surface area contributed by atoms with Gasteiger partial charge in [-0.3, -0.25) is 9.59 Å². The van der Waals surface area contributed by atoms with Gasteiger partial charge in [0.05, 0.1) is 12.8 Å². The van der Waals surface area contributed by atoms with Crippen molar-refractivity contribution in [2.75, 3.05) is 13.3 Å². The van der Waals surface area contributed by atoms with Gasteiger partial charge in [0.1, 0.15) is 12.4 Å². The van der Waals surface area contributed by atoms with Crippen LogP contribution in [-0.4, -0.2) is 31.4 Å². The molecule has 5 rings (SSSR count). The zero-order valence-electron chi connectivity index (χ0n) is 19.6. The fourth-order valence-electron chi connectivity index (χ4n) is 3.79. The first kappa shape index (κ1) is 24.1. The highest BCUT2D eigenvalue weighted by Gasteiger charge is 2.16. The molecule has 1 aliphatic heterocycles. The number of hydrogen-bond donors (Lipinski definition) is 2. The SMILES string of the molecule is O=C(CNC(=O)c1ccc2c(c1)OCO2)N/N=C\c1c(OCc2ccc(Cl)cc2)ccc2ccccc12. The van der Waals surface area contributed by atoms with E-state index in [-0.39, 0.29) is 13.3 Å². The Morgan fingerprint density at radius 1 is 0.973 bits per heavy atom. The van der Waals surface area contributed by atoms with Gasteiger partial charge in [0, 0.05) is 16.1 Å². The number of nitrogens with one attached hydrogen (secondary N) is 2. The molecule has 0 unspecified atom stereocenters. The third-order valence-corrected chi connectivity index (χ3v) is 5.92. The van der Waals surface area contributed by atoms with Crippen LogP contribution in [-0.2, 0) is 11.4 Å². The maximum atomic E-state index is 12.4. The number of carbonyl (C=O) groups is 2. The molecule has 0 bridgehead atoms. The fraction of sp³-hybridized carbons (Fsp3) is 0.107. The third-order valence-electron chi connectivity index (χ3n) is 5.67. The van der Waals surface area contributed by atoms with E-state index >= 15 is 0 Å². The number of rotatable bonds is 8. The van der Waals surface area contributed by atoms with Crippen LogP contribution in [0.1, 0.15) is 21.5 Å². The largest absolute Gasteiger partial charge is 0.488 e. The van der Waals surface area contributed by atoms with Gasteiger partial charge in [-0.1, -0.05) is 54.1 Å². The monoisotopic (exact) mass is 515 g/mol. The van der Waals surface area contributed by atoms with E-state index in [1.165, 1.54) is 6.21 Å². The summed E-state index contributed by atoms with van der Waals surface area (Å²) in [6.45, 7) is 0.208. The molecule has 9 heteroatoms. The molecule has 0 aliphatic carbocycles. The lowest BCUT2D eigenvalue weighted by molar-refractivity contribution is -0.120. The summed E-state index contributed by atoms with van der Waals surface area (Å²) in [5, 5.41) is 9.26. The highest BCUT2D eigenvalue weighted by atomic mass is 35.5. The predicted octanol–water partition coefficient (Wildman–Crippen LogP) is 4.68. The summed E-state index contributed by atoms with van der Waals surface area (Å²) in [7, 11) is 0. The number of hydrogen-bond acceptors (Lipinski definition) is 6. The van der Waals surface area contributed by atoms with E-state index in [1.54, 1.807) is 18.2 Å². The Morgan fingerprint density at radius 3 is 2.65 bits per heavy atom. The Kier molecular flexibility index (Phi) is 7.19. The standard InChI is InChI=1S/C28H22ClN3O5/c29-21-9-5-18(6-10-21)16-35-24-11-7-19-3-1-2-4-22(19)23(24)14-31-32-27(33)15-30-28(34)20-8-12-25-26(13-20)37-17-36-25/h1-14H,15-17H2,(H,30,34)(H,32,33)/b31-14-. The molecule has 0 saturated carbocycles. The number of fused-ring (bicyclic) bond motifs is 2. The lowest BCUT2D eigenvalue weighted by Crippen LogP contribution is -2.34. The van der Waals surface area contributed by atoms with E-state index in [0.29, 0.717) is 34.4 Å². The maximum Gasteiger partial charge on any atom is 0.259 e. The molecule has 37 heavy (non-hydrogen) atoms. The second kappa shape index (κ2) is 11.0. The van der Waals surface area contributed by atoms with Crippen molar-refractivity contribution in [1.29, 1.82) is 0 Å². The lowest BCUT2D eigenvalue weighted by Gasteiger charge is -2.12. The van der Waals surface area contributed by atoms with E-state index in [9.17, 15) is 9.59 Å². The van der Waals surface area contributed by atoms with Crippen LogP contribution in [0, 0.1) is 0 Å². The Hall–Kier alpha value is -4.56. The summed E-state index contributed by atoms with van der Waals surface area (Å²) < 4.78 is 16.6. The molecule has 8 nitrogen and oxygen atoms in total. The molecule has 2 amide bonds. The second-order valence-electron chi connectivity index (χ2n) is 8.16. The van der Waals surface area contributed by atoms with Gasteiger partial charge in [0.15, 0.2) is 11.5 Å². The quantitative estimate of drug-likeness (QED) is 0.262. The van der Waals surface area contributed by atoms with Crippen LogP contribution in [0.15, 0.2) is 84.0 Å². The van der Waals surface area contributed by atoms with E-state index < -0.39 is 11.8 Å². The minimum Gasteiger partial charge on any atom is -0.488 e. The predicted molar refractivity (Wildman–Crippen MR) is 140 cm³/mol. The van der Waals surface area contributed by atoms with Gasteiger partial charge in [-0.25, -0.2) is 5.43 Å². The smallest absolute Gasteiger partial charge is 0.259 e. The lowest BCUT2D eigenvalue weighted by atomic mass is 10.0. The minimum absolute atomic E-state index is 0.116. The first-order valence-corrected chi connectivity index (χ1v) is 11.8. The zero-order valence-corrected chi connectivity index (χ0v) is 20.3. The Balaban J connectivity index is 1.23. The topological polar surface area (TPSA) is 98.3 Å². The fourth-order valence-corrected chi connectivity index (χ4v) is 3.91. The van der Waals surface area contributed by atoms with Crippen LogP contribution in [0.2, 0.25) is 5.02 Å². The van der Waals surface area contributed by atoms with Crippen molar-refractivity contribution in [3.8, 4) is 17.2 Å². The van der Waals surface area contributed by atoms with E-state index in [0.717, 1.165) is 21.9 Å². The summed E-state index contributed by atoms with van der Waals surface area (Å²) in [5.74, 6) is 0.792. The molecular formula is C28H22ClN3O5. The normalized spacial score (nSPS) is 12.0. The van der Waals surface area contributed by atoms with Gasteiger partial charge in [-0.05, 0) is 52.7 Å². The first-order chi connectivity index (χ1) is 18.1. The zero-order chi connectivity index (χ0) is 25.6. The molecular weight excluding hydrogens is 494 g/mol. The van der Waals surface area contributed by atoms with Crippen molar-refractivity contribution in [3.63, 3.8) is 0 Å². The van der Waals surface area contributed by atoms with Crippen LogP contribution >= 0.6 is 11.6 Å². The molecule has 1 aliphatic rings. The Bertz CT molecular complexity index is 1490. The van der Waals surface area contributed by atoms with Gasteiger partial charge < -0.3 is 19.5 Å². The number of benzene rings is 4. The average Bonchev–Trinajstić information content (AvgIpc) is 3.40. The van der Waals surface area contributed by atoms with Crippen LogP contribution < -0.4 is 25.0 Å². The van der Waals surface area contributed by atoms with Gasteiger partial charge in [0.2, 0.25) is 6.79 Å². The van der Waals surface area contributed by atoms with E-state index in [2.05, 4.69) is 15.8 Å².